The fraction of sp³-hybridized carbons (Fsp3) is 0.905. The van der Waals surface area contributed by atoms with E-state index >= 15 is 0 Å². The Morgan fingerprint density at radius 1 is 0.704 bits per heavy atom. The number of nitrogens with zero attached hydrogens (tertiary/aromatic N) is 1. The van der Waals surface area contributed by atoms with Gasteiger partial charge in [0.15, 0.2) is 0 Å². The molecule has 6 heteroatoms. The molecule has 0 saturated carbocycles. The van der Waals surface area contributed by atoms with Crippen LogP contribution in [0.15, 0.2) is 5.10 Å². The Labute approximate surface area is 170 Å². The van der Waals surface area contributed by atoms with Crippen molar-refractivity contribution in [1.82, 2.24) is 5.32 Å². The van der Waals surface area contributed by atoms with Crippen molar-refractivity contribution in [2.24, 2.45) is 16.7 Å². The zero-order valence-corrected chi connectivity index (χ0v) is 18.7. The quantitative estimate of drug-likeness (QED) is 0.0681. The van der Waals surface area contributed by atoms with Gasteiger partial charge in [-0.1, -0.05) is 77.0 Å². The number of unbranched alkanes of at least 4 members (excludes halogenated alkanes) is 13. The third-order valence-corrected chi connectivity index (χ3v) is 5.36. The summed E-state index contributed by atoms with van der Waals surface area (Å²) in [6, 6.07) is 0. The molecule has 0 aromatic rings. The molecular formula is C21H45N4OP. The minimum Gasteiger partial charge on any atom is -0.386 e. The van der Waals surface area contributed by atoms with E-state index in [1.807, 2.05) is 0 Å². The number of rotatable bonds is 20. The average molecular weight is 401 g/mol. The van der Waals surface area contributed by atoms with Gasteiger partial charge < -0.3 is 16.9 Å². The molecule has 0 aliphatic carbocycles. The number of hydrazone groups is 1. The number of amidine groups is 1. The molecule has 0 radical (unpaired) electrons. The zero-order valence-electron chi connectivity index (χ0n) is 17.5. The van der Waals surface area contributed by atoms with Crippen molar-refractivity contribution in [1.29, 1.82) is 0 Å². The number of carbonyl (C=O) groups is 1. The Bertz CT molecular complexity index is 364. The van der Waals surface area contributed by atoms with Crippen LogP contribution in [0.2, 0.25) is 0 Å². The topological polar surface area (TPSA) is 93.5 Å². The lowest BCUT2D eigenvalue weighted by Gasteiger charge is -2.05. The standard InChI is InChI=1S/C21H45N4OP/c22-20(25-23)16-13-11-9-7-5-3-1-2-4-6-8-10-12-14-17-21(26)24-18-15-19-27/h1-19,23,27H2,(H2,22,25)(H,24,26). The highest BCUT2D eigenvalue weighted by Gasteiger charge is 2.00. The lowest BCUT2D eigenvalue weighted by atomic mass is 10.0. The number of nitrogens with one attached hydrogen (secondary N) is 1. The first-order valence-electron chi connectivity index (χ1n) is 11.2. The predicted octanol–water partition coefficient (Wildman–Crippen LogP) is 4.84. The maximum atomic E-state index is 11.6. The fourth-order valence-electron chi connectivity index (χ4n) is 3.20. The van der Waals surface area contributed by atoms with Crippen molar-refractivity contribution in [3.8, 4) is 0 Å². The highest BCUT2D eigenvalue weighted by Crippen LogP contribution is 2.13. The number of amides is 1. The van der Waals surface area contributed by atoms with Gasteiger partial charge in [0, 0.05) is 19.4 Å². The van der Waals surface area contributed by atoms with Gasteiger partial charge in [-0.3, -0.25) is 4.79 Å². The SMILES string of the molecule is N/N=C(\N)CCCCCCCCCCCCCCCCC(=O)NCCCP. The molecule has 0 bridgehead atoms. The normalized spacial score (nSPS) is 11.7. The molecular weight excluding hydrogens is 355 g/mol. The van der Waals surface area contributed by atoms with E-state index in [0.717, 1.165) is 38.4 Å². The molecule has 0 rings (SSSR count). The first-order valence-corrected chi connectivity index (χ1v) is 12.0. The summed E-state index contributed by atoms with van der Waals surface area (Å²) in [7, 11) is 2.69. The first kappa shape index (κ1) is 26.2. The maximum absolute atomic E-state index is 11.6. The van der Waals surface area contributed by atoms with Crippen molar-refractivity contribution in [3.05, 3.63) is 0 Å². The van der Waals surface area contributed by atoms with Gasteiger partial charge in [0.25, 0.3) is 0 Å². The van der Waals surface area contributed by atoms with Crippen LogP contribution < -0.4 is 16.9 Å². The monoisotopic (exact) mass is 400 g/mol. The molecule has 27 heavy (non-hydrogen) atoms. The van der Waals surface area contributed by atoms with Crippen LogP contribution >= 0.6 is 9.24 Å². The smallest absolute Gasteiger partial charge is 0.219 e. The third-order valence-electron chi connectivity index (χ3n) is 4.96. The molecule has 0 fully saturated rings. The van der Waals surface area contributed by atoms with Crippen LogP contribution in [-0.4, -0.2) is 24.4 Å². The minimum atomic E-state index is 0.224. The van der Waals surface area contributed by atoms with E-state index in [4.69, 9.17) is 11.6 Å². The molecule has 1 amide bonds. The van der Waals surface area contributed by atoms with E-state index in [9.17, 15) is 4.79 Å². The predicted molar refractivity (Wildman–Crippen MR) is 122 cm³/mol. The molecule has 0 saturated heterocycles. The zero-order chi connectivity index (χ0) is 20.0. The van der Waals surface area contributed by atoms with Crippen LogP contribution in [-0.2, 0) is 4.79 Å². The van der Waals surface area contributed by atoms with E-state index in [1.165, 1.54) is 77.0 Å². The van der Waals surface area contributed by atoms with E-state index in [0.29, 0.717) is 12.3 Å². The van der Waals surface area contributed by atoms with Crippen LogP contribution in [0.1, 0.15) is 109 Å². The summed E-state index contributed by atoms with van der Waals surface area (Å²) in [6.07, 6.45) is 21.7. The number of nitrogens with two attached hydrogens (primary N) is 2. The summed E-state index contributed by atoms with van der Waals surface area (Å²) in [6.45, 7) is 0.821. The molecule has 1 atom stereocenters. The van der Waals surface area contributed by atoms with Crippen LogP contribution in [0.3, 0.4) is 0 Å². The molecule has 0 aliphatic heterocycles. The van der Waals surface area contributed by atoms with E-state index in [-0.39, 0.29) is 5.91 Å². The molecule has 0 aromatic carbocycles. The second-order valence-corrected chi connectivity index (χ2v) is 8.14. The lowest BCUT2D eigenvalue weighted by Crippen LogP contribution is -2.24. The van der Waals surface area contributed by atoms with Crippen LogP contribution in [0, 0.1) is 0 Å². The first-order chi connectivity index (χ1) is 13.2. The van der Waals surface area contributed by atoms with Gasteiger partial charge in [0.2, 0.25) is 5.91 Å². The van der Waals surface area contributed by atoms with Crippen molar-refractivity contribution < 1.29 is 4.79 Å². The van der Waals surface area contributed by atoms with Crippen molar-refractivity contribution >= 4 is 21.0 Å². The fourth-order valence-corrected chi connectivity index (χ4v) is 3.40. The minimum absolute atomic E-state index is 0.224. The van der Waals surface area contributed by atoms with Crippen molar-refractivity contribution in [2.45, 2.75) is 109 Å². The van der Waals surface area contributed by atoms with Gasteiger partial charge in [-0.15, -0.1) is 9.24 Å². The van der Waals surface area contributed by atoms with Crippen molar-refractivity contribution in [3.63, 3.8) is 0 Å². The Morgan fingerprint density at radius 3 is 1.52 bits per heavy atom. The van der Waals surface area contributed by atoms with Gasteiger partial charge in [0.05, 0.1) is 0 Å². The Kier molecular flexibility index (Phi) is 20.8. The molecule has 0 spiro atoms. The second kappa shape index (κ2) is 21.5. The van der Waals surface area contributed by atoms with Gasteiger partial charge >= 0.3 is 0 Å². The maximum Gasteiger partial charge on any atom is 0.219 e. The van der Waals surface area contributed by atoms with E-state index in [2.05, 4.69) is 19.7 Å². The summed E-state index contributed by atoms with van der Waals surface area (Å²) in [4.78, 5) is 11.6. The summed E-state index contributed by atoms with van der Waals surface area (Å²) >= 11 is 0. The van der Waals surface area contributed by atoms with E-state index in [1.54, 1.807) is 0 Å². The summed E-state index contributed by atoms with van der Waals surface area (Å²) in [5.41, 5.74) is 5.57. The Hall–Kier alpha value is -0.830. The highest BCUT2D eigenvalue weighted by molar-refractivity contribution is 7.16. The summed E-state index contributed by atoms with van der Waals surface area (Å²) in [5.74, 6) is 5.91. The third kappa shape index (κ3) is 21.3. The van der Waals surface area contributed by atoms with E-state index < -0.39 is 0 Å². The number of hydrogen-bond donors (Lipinski definition) is 3. The molecule has 0 aliphatic rings. The summed E-state index contributed by atoms with van der Waals surface area (Å²) < 4.78 is 0. The molecule has 1 unspecified atom stereocenters. The molecule has 5 nitrogen and oxygen atoms in total. The average Bonchev–Trinajstić information content (AvgIpc) is 2.67. The largest absolute Gasteiger partial charge is 0.386 e. The van der Waals surface area contributed by atoms with Gasteiger partial charge in [-0.25, -0.2) is 0 Å². The van der Waals surface area contributed by atoms with Gasteiger partial charge in [0.1, 0.15) is 5.84 Å². The molecule has 0 aromatic heterocycles. The van der Waals surface area contributed by atoms with Gasteiger partial charge in [-0.05, 0) is 25.4 Å². The molecule has 0 heterocycles. The summed E-state index contributed by atoms with van der Waals surface area (Å²) in [5, 5.41) is 6.46. The number of hydrogen-bond acceptors (Lipinski definition) is 3. The van der Waals surface area contributed by atoms with Crippen LogP contribution in [0.5, 0.6) is 0 Å². The Morgan fingerprint density at radius 2 is 1.11 bits per heavy atom. The molecule has 160 valence electrons. The van der Waals surface area contributed by atoms with Crippen molar-refractivity contribution in [2.75, 3.05) is 12.7 Å². The van der Waals surface area contributed by atoms with Gasteiger partial charge in [-0.2, -0.15) is 5.10 Å². The second-order valence-electron chi connectivity index (χ2n) is 7.56. The highest BCUT2D eigenvalue weighted by atomic mass is 31.0. The molecule has 5 N–H and O–H groups in total. The van der Waals surface area contributed by atoms with Crippen LogP contribution in [0.4, 0.5) is 0 Å². The Balaban J connectivity index is 3.12. The number of carbonyl (C=O) groups excluding carboxylic acids is 1. The van der Waals surface area contributed by atoms with Crippen LogP contribution in [0.25, 0.3) is 0 Å². The lowest BCUT2D eigenvalue weighted by molar-refractivity contribution is -0.121.